The lowest BCUT2D eigenvalue weighted by Crippen LogP contribution is -2.34. The smallest absolute Gasteiger partial charge is 0.159 e. The average molecular weight is 495 g/mol. The Morgan fingerprint density at radius 2 is 1.86 bits per heavy atom. The maximum atomic E-state index is 6.20. The number of ether oxygens (including phenoxy) is 1. The second-order valence-corrected chi connectivity index (χ2v) is 9.60. The first kappa shape index (κ1) is 21.2. The van der Waals surface area contributed by atoms with Crippen LogP contribution in [0.2, 0.25) is 0 Å². The van der Waals surface area contributed by atoms with E-state index in [1.807, 2.05) is 29.9 Å². The molecule has 6 aromatic rings. The minimum Gasteiger partial charge on any atom is -0.489 e. The molecule has 0 aromatic carbocycles. The Bertz CT molecular complexity index is 1670. The van der Waals surface area contributed by atoms with Gasteiger partial charge in [0.05, 0.1) is 22.8 Å². The molecule has 0 amide bonds. The van der Waals surface area contributed by atoms with Gasteiger partial charge < -0.3 is 15.0 Å². The number of aromatic nitrogens is 7. The Morgan fingerprint density at radius 1 is 0.944 bits per heavy atom. The van der Waals surface area contributed by atoms with Crippen molar-refractivity contribution >= 4 is 33.4 Å². The van der Waals surface area contributed by atoms with Gasteiger partial charge in [-0.3, -0.25) is 15.1 Å². The molecule has 0 unspecified atom stereocenters. The molecule has 7 heterocycles. The van der Waals surface area contributed by atoms with Crippen molar-refractivity contribution in [3.63, 3.8) is 0 Å². The van der Waals surface area contributed by atoms with Crippen molar-refractivity contribution in [1.82, 2.24) is 40.4 Å². The predicted octanol–water partition coefficient (Wildman–Crippen LogP) is 4.82. The number of fused-ring (bicyclic) bond motifs is 2. The van der Waals surface area contributed by atoms with Crippen LogP contribution in [0.3, 0.4) is 0 Å². The summed E-state index contributed by atoms with van der Waals surface area (Å²) < 4.78 is 6.20. The van der Waals surface area contributed by atoms with Crippen LogP contribution in [0, 0.1) is 0 Å². The molecule has 1 saturated heterocycles. The fourth-order valence-corrected chi connectivity index (χ4v) is 5.29. The largest absolute Gasteiger partial charge is 0.489 e. The number of H-pyrrole nitrogens is 2. The molecule has 0 radical (unpaired) electrons. The summed E-state index contributed by atoms with van der Waals surface area (Å²) in [5.74, 6) is 1.44. The van der Waals surface area contributed by atoms with Crippen LogP contribution in [0.1, 0.15) is 12.8 Å². The zero-order chi connectivity index (χ0) is 23.9. The summed E-state index contributed by atoms with van der Waals surface area (Å²) >= 11 is 1.64. The Labute approximate surface area is 210 Å². The van der Waals surface area contributed by atoms with E-state index in [1.165, 1.54) is 0 Å². The molecule has 0 aliphatic carbocycles. The molecular formula is C26H22N8OS. The van der Waals surface area contributed by atoms with Crippen molar-refractivity contribution in [3.8, 4) is 39.7 Å². The quantitative estimate of drug-likeness (QED) is 0.315. The first-order chi connectivity index (χ1) is 17.8. The summed E-state index contributed by atoms with van der Waals surface area (Å²) in [6.07, 6.45) is 9.44. The standard InChI is InChI=1S/C26H22N8OS/c1-5-27-6-2-18(1)35-19-9-16(11-28-13-19)17-10-20-23(33-34-25(20)30-12-17)26-31-21-3-7-29-22(24(21)32-26)15-4-8-36-14-15/h3-4,7-14,18,27H,1-2,5-6H2,(H,31,32)(H,30,33,34). The minimum atomic E-state index is 0.214. The molecule has 0 saturated carbocycles. The van der Waals surface area contributed by atoms with Gasteiger partial charge in [-0.1, -0.05) is 0 Å². The monoisotopic (exact) mass is 494 g/mol. The van der Waals surface area contributed by atoms with Crippen LogP contribution >= 0.6 is 11.3 Å². The van der Waals surface area contributed by atoms with Gasteiger partial charge in [0.1, 0.15) is 23.1 Å². The Balaban J connectivity index is 1.26. The summed E-state index contributed by atoms with van der Waals surface area (Å²) in [6.45, 7) is 1.96. The number of nitrogens with one attached hydrogen (secondary N) is 3. The number of nitrogens with zero attached hydrogens (tertiary/aromatic N) is 5. The highest BCUT2D eigenvalue weighted by molar-refractivity contribution is 7.08. The molecule has 10 heteroatoms. The first-order valence-electron chi connectivity index (χ1n) is 11.9. The van der Waals surface area contributed by atoms with Gasteiger partial charge in [0.25, 0.3) is 0 Å². The summed E-state index contributed by atoms with van der Waals surface area (Å²) in [5.41, 5.74) is 6.92. The fourth-order valence-electron chi connectivity index (χ4n) is 4.65. The summed E-state index contributed by atoms with van der Waals surface area (Å²) in [7, 11) is 0. The first-order valence-corrected chi connectivity index (χ1v) is 12.8. The molecule has 0 bridgehead atoms. The number of pyridine rings is 3. The second-order valence-electron chi connectivity index (χ2n) is 8.82. The molecule has 0 spiro atoms. The summed E-state index contributed by atoms with van der Waals surface area (Å²) in [6, 6.07) is 8.08. The Hall–Kier alpha value is -4.15. The van der Waals surface area contributed by atoms with E-state index >= 15 is 0 Å². The SMILES string of the molecule is c1cc2[nH]c(-c3n[nH]c4ncc(-c5cncc(OC6CCNCC6)c5)cc34)nc2c(-c2ccsc2)n1. The predicted molar refractivity (Wildman–Crippen MR) is 140 cm³/mol. The van der Waals surface area contributed by atoms with Gasteiger partial charge >= 0.3 is 0 Å². The zero-order valence-electron chi connectivity index (χ0n) is 19.2. The number of imidazole rings is 1. The summed E-state index contributed by atoms with van der Waals surface area (Å²) in [4.78, 5) is 21.9. The van der Waals surface area contributed by atoms with Crippen LogP contribution < -0.4 is 10.1 Å². The van der Waals surface area contributed by atoms with Gasteiger partial charge in [0.2, 0.25) is 0 Å². The lowest BCUT2D eigenvalue weighted by molar-refractivity contribution is 0.162. The highest BCUT2D eigenvalue weighted by Gasteiger charge is 2.18. The van der Waals surface area contributed by atoms with E-state index in [1.54, 1.807) is 23.7 Å². The van der Waals surface area contributed by atoms with Crippen LogP contribution in [0.15, 0.2) is 59.8 Å². The van der Waals surface area contributed by atoms with Gasteiger partial charge in [-0.25, -0.2) is 9.97 Å². The molecule has 3 N–H and O–H groups in total. The van der Waals surface area contributed by atoms with Crippen molar-refractivity contribution in [3.05, 3.63) is 59.8 Å². The number of aromatic amines is 2. The van der Waals surface area contributed by atoms with E-state index in [-0.39, 0.29) is 6.10 Å². The van der Waals surface area contributed by atoms with Gasteiger partial charge in [-0.15, -0.1) is 0 Å². The molecule has 178 valence electrons. The number of thiophene rings is 1. The van der Waals surface area contributed by atoms with Crippen LogP contribution in [-0.2, 0) is 0 Å². The van der Waals surface area contributed by atoms with Gasteiger partial charge in [0.15, 0.2) is 11.5 Å². The number of hydrogen-bond acceptors (Lipinski definition) is 8. The fraction of sp³-hybridized carbons (Fsp3) is 0.192. The molecule has 7 rings (SSSR count). The third-order valence-electron chi connectivity index (χ3n) is 6.47. The third kappa shape index (κ3) is 3.80. The van der Waals surface area contributed by atoms with Crippen LogP contribution in [0.5, 0.6) is 5.75 Å². The van der Waals surface area contributed by atoms with E-state index in [0.717, 1.165) is 70.5 Å². The molecule has 36 heavy (non-hydrogen) atoms. The lowest BCUT2D eigenvalue weighted by atomic mass is 10.1. The molecular weight excluding hydrogens is 472 g/mol. The maximum absolute atomic E-state index is 6.20. The summed E-state index contributed by atoms with van der Waals surface area (Å²) in [5, 5.41) is 15.9. The topological polar surface area (TPSA) is 117 Å². The third-order valence-corrected chi connectivity index (χ3v) is 7.15. The Kier molecular flexibility index (Phi) is 5.18. The average Bonchev–Trinajstić information content (AvgIpc) is 3.68. The second kappa shape index (κ2) is 8.81. The van der Waals surface area contributed by atoms with Gasteiger partial charge in [-0.2, -0.15) is 16.4 Å². The van der Waals surface area contributed by atoms with Crippen molar-refractivity contribution < 1.29 is 4.74 Å². The maximum Gasteiger partial charge on any atom is 0.159 e. The molecule has 9 nitrogen and oxygen atoms in total. The van der Waals surface area contributed by atoms with E-state index in [9.17, 15) is 0 Å². The van der Waals surface area contributed by atoms with Crippen LogP contribution in [-0.4, -0.2) is 54.3 Å². The highest BCUT2D eigenvalue weighted by atomic mass is 32.1. The van der Waals surface area contributed by atoms with E-state index in [2.05, 4.69) is 53.0 Å². The van der Waals surface area contributed by atoms with Crippen LogP contribution in [0.4, 0.5) is 0 Å². The minimum absolute atomic E-state index is 0.214. The molecule has 1 fully saturated rings. The molecule has 1 aliphatic rings. The van der Waals surface area contributed by atoms with E-state index in [4.69, 9.17) is 9.72 Å². The molecule has 1 aliphatic heterocycles. The lowest BCUT2D eigenvalue weighted by Gasteiger charge is -2.23. The molecule has 0 atom stereocenters. The number of piperidine rings is 1. The number of rotatable bonds is 5. The van der Waals surface area contributed by atoms with Crippen LogP contribution in [0.25, 0.3) is 56.0 Å². The zero-order valence-corrected chi connectivity index (χ0v) is 20.0. The van der Waals surface area contributed by atoms with E-state index < -0.39 is 0 Å². The van der Waals surface area contributed by atoms with Crippen molar-refractivity contribution in [2.24, 2.45) is 0 Å². The van der Waals surface area contributed by atoms with Crippen molar-refractivity contribution in [2.45, 2.75) is 18.9 Å². The highest BCUT2D eigenvalue weighted by Crippen LogP contribution is 2.32. The van der Waals surface area contributed by atoms with Gasteiger partial charge in [0, 0.05) is 40.7 Å². The number of hydrogen-bond donors (Lipinski definition) is 3. The normalized spacial score (nSPS) is 14.6. The van der Waals surface area contributed by atoms with Crippen molar-refractivity contribution in [2.75, 3.05) is 13.1 Å². The van der Waals surface area contributed by atoms with Crippen molar-refractivity contribution in [1.29, 1.82) is 0 Å². The molecule has 6 aromatic heterocycles. The van der Waals surface area contributed by atoms with E-state index in [0.29, 0.717) is 17.2 Å². The van der Waals surface area contributed by atoms with Gasteiger partial charge in [-0.05, 0) is 55.6 Å². The Morgan fingerprint density at radius 3 is 2.75 bits per heavy atom.